The number of methoxy groups -OCH3 is 3. The molecule has 0 radical (unpaired) electrons. The zero-order valence-corrected chi connectivity index (χ0v) is 17.0. The van der Waals surface area contributed by atoms with Crippen LogP contribution in [0.15, 0.2) is 42.5 Å². The lowest BCUT2D eigenvalue weighted by molar-refractivity contribution is -0.122. The number of nitrogens with zero attached hydrogens (tertiary/aromatic N) is 4. The first kappa shape index (κ1) is 20.9. The summed E-state index contributed by atoms with van der Waals surface area (Å²) in [5, 5.41) is 14.7. The van der Waals surface area contributed by atoms with Crippen molar-refractivity contribution in [2.75, 3.05) is 21.3 Å². The molecule has 1 amide bonds. The maximum Gasteiger partial charge on any atom is 0.243 e. The van der Waals surface area contributed by atoms with Crippen molar-refractivity contribution in [1.82, 2.24) is 25.5 Å². The van der Waals surface area contributed by atoms with E-state index in [1.807, 2.05) is 30.3 Å². The number of carbonyl (C=O) groups excluding carboxylic acids is 1. The number of tetrazole rings is 1. The fraction of sp³-hybridized carbons (Fsp3) is 0.300. The molecule has 0 aliphatic rings. The van der Waals surface area contributed by atoms with Crippen LogP contribution in [0, 0.1) is 0 Å². The minimum atomic E-state index is -0.278. The van der Waals surface area contributed by atoms with Gasteiger partial charge in [-0.05, 0) is 23.4 Å². The van der Waals surface area contributed by atoms with E-state index in [1.54, 1.807) is 33.5 Å². The lowest BCUT2D eigenvalue weighted by Gasteiger charge is -2.14. The monoisotopic (exact) mass is 413 g/mol. The molecule has 0 atom stereocenters. The number of hydrogen-bond donors (Lipinski definition) is 1. The highest BCUT2D eigenvalue weighted by molar-refractivity contribution is 5.75. The Kier molecular flexibility index (Phi) is 7.04. The van der Waals surface area contributed by atoms with Crippen LogP contribution in [-0.2, 0) is 24.5 Å². The molecule has 0 saturated heterocycles. The Bertz CT molecular complexity index is 977. The third kappa shape index (κ3) is 5.37. The Hall–Kier alpha value is -3.82. The van der Waals surface area contributed by atoms with Crippen LogP contribution >= 0.6 is 0 Å². The van der Waals surface area contributed by atoms with Gasteiger partial charge >= 0.3 is 0 Å². The van der Waals surface area contributed by atoms with Gasteiger partial charge < -0.3 is 24.3 Å². The second kappa shape index (κ2) is 10.1. The van der Waals surface area contributed by atoms with Crippen LogP contribution < -0.4 is 24.3 Å². The Morgan fingerprint density at radius 2 is 1.70 bits per heavy atom. The lowest BCUT2D eigenvalue weighted by atomic mass is 10.1. The summed E-state index contributed by atoms with van der Waals surface area (Å²) in [7, 11) is 4.64. The quantitative estimate of drug-likeness (QED) is 0.534. The molecule has 0 bridgehead atoms. The van der Waals surface area contributed by atoms with E-state index in [4.69, 9.17) is 18.9 Å². The Labute approximate surface area is 173 Å². The minimum Gasteiger partial charge on any atom is -0.496 e. The zero-order valence-electron chi connectivity index (χ0n) is 17.0. The topological polar surface area (TPSA) is 110 Å². The van der Waals surface area contributed by atoms with Crippen LogP contribution in [0.25, 0.3) is 0 Å². The first-order valence-corrected chi connectivity index (χ1v) is 9.13. The molecular weight excluding hydrogens is 390 g/mol. The molecule has 158 valence electrons. The normalized spacial score (nSPS) is 10.4. The second-order valence-corrected chi connectivity index (χ2v) is 6.13. The fourth-order valence-corrected chi connectivity index (χ4v) is 2.67. The van der Waals surface area contributed by atoms with E-state index in [1.165, 1.54) is 4.80 Å². The molecule has 30 heavy (non-hydrogen) atoms. The standard InChI is InChI=1S/C20H23N5O5/c1-27-16-10-18(29-3)17(28-2)9-14(16)11-21-20(26)12-25-23-19(22-24-25)13-30-15-7-5-4-6-8-15/h4-10H,11-13H2,1-3H3,(H,21,26). The third-order valence-corrected chi connectivity index (χ3v) is 4.15. The van der Waals surface area contributed by atoms with E-state index in [0.717, 1.165) is 5.56 Å². The van der Waals surface area contributed by atoms with Gasteiger partial charge in [0.1, 0.15) is 18.0 Å². The van der Waals surface area contributed by atoms with Gasteiger partial charge in [-0.2, -0.15) is 4.80 Å². The molecule has 1 aromatic heterocycles. The molecule has 1 heterocycles. The first-order chi connectivity index (χ1) is 14.6. The molecule has 10 nitrogen and oxygen atoms in total. The average Bonchev–Trinajstić information content (AvgIpc) is 3.23. The van der Waals surface area contributed by atoms with Gasteiger partial charge in [0.15, 0.2) is 18.1 Å². The third-order valence-electron chi connectivity index (χ3n) is 4.15. The van der Waals surface area contributed by atoms with Gasteiger partial charge in [0, 0.05) is 18.2 Å². The number of hydrogen-bond acceptors (Lipinski definition) is 8. The predicted octanol–water partition coefficient (Wildman–Crippen LogP) is 1.59. The van der Waals surface area contributed by atoms with Crippen molar-refractivity contribution in [1.29, 1.82) is 0 Å². The molecule has 1 N–H and O–H groups in total. The van der Waals surface area contributed by atoms with Crippen LogP contribution in [0.4, 0.5) is 0 Å². The van der Waals surface area contributed by atoms with E-state index in [2.05, 4.69) is 20.7 Å². The van der Waals surface area contributed by atoms with Crippen molar-refractivity contribution in [3.63, 3.8) is 0 Å². The number of ether oxygens (including phenoxy) is 4. The van der Waals surface area contributed by atoms with E-state index in [0.29, 0.717) is 28.8 Å². The summed E-state index contributed by atoms with van der Waals surface area (Å²) in [5.41, 5.74) is 0.743. The van der Waals surface area contributed by atoms with Gasteiger partial charge in [-0.3, -0.25) is 4.79 Å². The Morgan fingerprint density at radius 1 is 1.00 bits per heavy atom. The van der Waals surface area contributed by atoms with Crippen LogP contribution in [0.3, 0.4) is 0 Å². The van der Waals surface area contributed by atoms with Crippen LogP contribution in [0.5, 0.6) is 23.0 Å². The summed E-state index contributed by atoms with van der Waals surface area (Å²) < 4.78 is 21.5. The molecule has 10 heteroatoms. The van der Waals surface area contributed by atoms with Gasteiger partial charge in [-0.15, -0.1) is 10.2 Å². The predicted molar refractivity (Wildman–Crippen MR) is 107 cm³/mol. The maximum atomic E-state index is 12.3. The van der Waals surface area contributed by atoms with E-state index >= 15 is 0 Å². The number of amides is 1. The van der Waals surface area contributed by atoms with Gasteiger partial charge in [0.05, 0.1) is 21.3 Å². The van der Waals surface area contributed by atoms with Crippen molar-refractivity contribution in [3.05, 3.63) is 53.9 Å². The molecule has 0 saturated carbocycles. The van der Waals surface area contributed by atoms with Crippen molar-refractivity contribution >= 4 is 5.91 Å². The highest BCUT2D eigenvalue weighted by Crippen LogP contribution is 2.34. The summed E-state index contributed by atoms with van der Waals surface area (Å²) in [6.45, 7) is 0.323. The molecule has 0 fully saturated rings. The van der Waals surface area contributed by atoms with E-state index in [-0.39, 0.29) is 25.6 Å². The molecule has 3 aromatic rings. The Balaban J connectivity index is 1.54. The SMILES string of the molecule is COc1cc(OC)c(OC)cc1CNC(=O)Cn1nnc(COc2ccccc2)n1. The largest absolute Gasteiger partial charge is 0.496 e. The number of nitrogens with one attached hydrogen (secondary N) is 1. The van der Waals surface area contributed by atoms with Crippen LogP contribution in [-0.4, -0.2) is 47.4 Å². The van der Waals surface area contributed by atoms with Gasteiger partial charge in [0.2, 0.25) is 11.7 Å². The Morgan fingerprint density at radius 3 is 2.40 bits per heavy atom. The minimum absolute atomic E-state index is 0.0755. The fourth-order valence-electron chi connectivity index (χ4n) is 2.67. The number of para-hydroxylation sites is 1. The van der Waals surface area contributed by atoms with Gasteiger partial charge in [-0.1, -0.05) is 18.2 Å². The second-order valence-electron chi connectivity index (χ2n) is 6.13. The number of aromatic nitrogens is 4. The van der Waals surface area contributed by atoms with Crippen molar-refractivity contribution in [2.45, 2.75) is 19.7 Å². The van der Waals surface area contributed by atoms with Crippen LogP contribution in [0.1, 0.15) is 11.4 Å². The first-order valence-electron chi connectivity index (χ1n) is 9.13. The van der Waals surface area contributed by atoms with Crippen molar-refractivity contribution in [2.24, 2.45) is 0 Å². The van der Waals surface area contributed by atoms with Gasteiger partial charge in [0.25, 0.3) is 0 Å². The molecule has 0 spiro atoms. The van der Waals surface area contributed by atoms with E-state index < -0.39 is 0 Å². The van der Waals surface area contributed by atoms with Crippen LogP contribution in [0.2, 0.25) is 0 Å². The zero-order chi connectivity index (χ0) is 21.3. The van der Waals surface area contributed by atoms with Crippen molar-refractivity contribution < 1.29 is 23.7 Å². The molecule has 0 aliphatic heterocycles. The summed E-state index contributed by atoms with van der Waals surface area (Å²) in [6.07, 6.45) is 0. The maximum absolute atomic E-state index is 12.3. The average molecular weight is 413 g/mol. The molecular formula is C20H23N5O5. The summed E-state index contributed by atoms with van der Waals surface area (Å²) in [4.78, 5) is 13.5. The number of rotatable bonds is 10. The highest BCUT2D eigenvalue weighted by Gasteiger charge is 2.14. The summed E-state index contributed by atoms with van der Waals surface area (Å²) in [6, 6.07) is 12.8. The number of carbonyl (C=O) groups is 1. The molecule has 2 aromatic carbocycles. The summed E-state index contributed by atoms with van der Waals surface area (Å²) >= 11 is 0. The smallest absolute Gasteiger partial charge is 0.243 e. The molecule has 0 aliphatic carbocycles. The van der Waals surface area contributed by atoms with Crippen molar-refractivity contribution in [3.8, 4) is 23.0 Å². The van der Waals surface area contributed by atoms with Gasteiger partial charge in [-0.25, -0.2) is 0 Å². The number of benzene rings is 2. The highest BCUT2D eigenvalue weighted by atomic mass is 16.5. The summed E-state index contributed by atoms with van der Waals surface area (Å²) in [5.74, 6) is 2.47. The molecule has 0 unspecified atom stereocenters. The lowest BCUT2D eigenvalue weighted by Crippen LogP contribution is -2.28. The van der Waals surface area contributed by atoms with E-state index in [9.17, 15) is 4.79 Å². The molecule has 3 rings (SSSR count).